The zero-order valence-corrected chi connectivity index (χ0v) is 10.3. The molecule has 1 amide bonds. The van der Waals surface area contributed by atoms with Gasteiger partial charge in [-0.05, 0) is 30.5 Å². The lowest BCUT2D eigenvalue weighted by Crippen LogP contribution is -2.36. The molecule has 1 atom stereocenters. The van der Waals surface area contributed by atoms with E-state index in [2.05, 4.69) is 5.32 Å². The van der Waals surface area contributed by atoms with Gasteiger partial charge >= 0.3 is 0 Å². The van der Waals surface area contributed by atoms with E-state index in [1.54, 1.807) is 24.3 Å². The van der Waals surface area contributed by atoms with Crippen LogP contribution in [0.3, 0.4) is 0 Å². The summed E-state index contributed by atoms with van der Waals surface area (Å²) in [7, 11) is 0. The van der Waals surface area contributed by atoms with Crippen molar-refractivity contribution in [3.63, 3.8) is 0 Å². The van der Waals surface area contributed by atoms with Gasteiger partial charge in [-0.2, -0.15) is 0 Å². The van der Waals surface area contributed by atoms with Crippen LogP contribution in [0.25, 0.3) is 0 Å². The van der Waals surface area contributed by atoms with Crippen molar-refractivity contribution >= 4 is 17.5 Å². The number of nitrogens with one attached hydrogen (secondary N) is 1. The number of aliphatic hydroxyl groups excluding tert-OH is 1. The van der Waals surface area contributed by atoms with Crippen molar-refractivity contribution in [2.24, 2.45) is 0 Å². The fourth-order valence-corrected chi connectivity index (χ4v) is 2.38. The van der Waals surface area contributed by atoms with Gasteiger partial charge in [-0.1, -0.05) is 36.6 Å². The average Bonchev–Trinajstić information content (AvgIpc) is 2.80. The van der Waals surface area contributed by atoms with Crippen LogP contribution in [0.15, 0.2) is 24.3 Å². The second-order valence-electron chi connectivity index (χ2n) is 4.45. The molecule has 0 aliphatic heterocycles. The van der Waals surface area contributed by atoms with Gasteiger partial charge in [-0.25, -0.2) is 0 Å². The summed E-state index contributed by atoms with van der Waals surface area (Å²) in [5.41, 5.74) is 0.535. The van der Waals surface area contributed by atoms with Crippen LogP contribution in [-0.4, -0.2) is 17.1 Å². The van der Waals surface area contributed by atoms with E-state index in [0.717, 1.165) is 25.7 Å². The van der Waals surface area contributed by atoms with Crippen molar-refractivity contribution in [2.45, 2.75) is 37.8 Å². The quantitative estimate of drug-likeness (QED) is 0.869. The molecule has 1 aliphatic rings. The Kier molecular flexibility index (Phi) is 4.02. The zero-order valence-electron chi connectivity index (χ0n) is 9.53. The summed E-state index contributed by atoms with van der Waals surface area (Å²) in [4.78, 5) is 11.8. The van der Waals surface area contributed by atoms with E-state index in [1.807, 2.05) is 0 Å². The Bertz CT molecular complexity index is 402. The van der Waals surface area contributed by atoms with Gasteiger partial charge in [0, 0.05) is 11.1 Å². The first-order chi connectivity index (χ1) is 8.16. The molecule has 17 heavy (non-hydrogen) atoms. The Morgan fingerprint density at radius 2 is 2.12 bits per heavy atom. The Morgan fingerprint density at radius 3 is 2.76 bits per heavy atom. The highest BCUT2D eigenvalue weighted by Crippen LogP contribution is 2.21. The third kappa shape index (κ3) is 3.20. The van der Waals surface area contributed by atoms with Crippen LogP contribution >= 0.6 is 11.6 Å². The van der Waals surface area contributed by atoms with E-state index in [-0.39, 0.29) is 11.9 Å². The predicted molar refractivity (Wildman–Crippen MR) is 66.8 cm³/mol. The number of hydrogen-bond acceptors (Lipinski definition) is 2. The molecule has 92 valence electrons. The van der Waals surface area contributed by atoms with Crippen LogP contribution in [0.4, 0.5) is 0 Å². The van der Waals surface area contributed by atoms with E-state index in [1.165, 1.54) is 0 Å². The second-order valence-corrected chi connectivity index (χ2v) is 4.88. The van der Waals surface area contributed by atoms with Crippen molar-refractivity contribution in [3.05, 3.63) is 34.9 Å². The molecule has 0 saturated heterocycles. The summed E-state index contributed by atoms with van der Waals surface area (Å²) in [5, 5.41) is 13.3. The molecular weight excluding hydrogens is 238 g/mol. The van der Waals surface area contributed by atoms with Crippen LogP contribution in [0.5, 0.6) is 0 Å². The van der Waals surface area contributed by atoms with Crippen molar-refractivity contribution in [1.82, 2.24) is 5.32 Å². The standard InChI is InChI=1S/C13H16ClNO2/c14-10-5-3-4-9(8-10)12(16)13(17)15-11-6-1-2-7-11/h3-5,8,11-12,16H,1-2,6-7H2,(H,15,17). The number of hydrogen-bond donors (Lipinski definition) is 2. The SMILES string of the molecule is O=C(NC1CCCC1)C(O)c1cccc(Cl)c1. The summed E-state index contributed by atoms with van der Waals surface area (Å²) >= 11 is 5.82. The minimum Gasteiger partial charge on any atom is -0.378 e. The van der Waals surface area contributed by atoms with Crippen LogP contribution in [-0.2, 0) is 4.79 Å². The molecule has 1 aliphatic carbocycles. The van der Waals surface area contributed by atoms with Crippen LogP contribution in [0.2, 0.25) is 5.02 Å². The molecule has 1 saturated carbocycles. The van der Waals surface area contributed by atoms with Gasteiger partial charge in [0.1, 0.15) is 0 Å². The molecule has 1 fully saturated rings. The lowest BCUT2D eigenvalue weighted by atomic mass is 10.1. The summed E-state index contributed by atoms with van der Waals surface area (Å²) in [5.74, 6) is -0.334. The number of carbonyl (C=O) groups excluding carboxylic acids is 1. The molecule has 0 spiro atoms. The fourth-order valence-electron chi connectivity index (χ4n) is 2.18. The lowest BCUT2D eigenvalue weighted by Gasteiger charge is -2.16. The van der Waals surface area contributed by atoms with Crippen molar-refractivity contribution in [2.75, 3.05) is 0 Å². The number of halogens is 1. The number of aliphatic hydroxyl groups is 1. The van der Waals surface area contributed by atoms with E-state index < -0.39 is 6.10 Å². The minimum atomic E-state index is -1.13. The molecular formula is C13H16ClNO2. The Labute approximate surface area is 106 Å². The molecule has 1 aromatic rings. The van der Waals surface area contributed by atoms with E-state index in [9.17, 15) is 9.90 Å². The first kappa shape index (κ1) is 12.4. The Hall–Kier alpha value is -1.06. The predicted octanol–water partition coefficient (Wildman–Crippen LogP) is 2.43. The van der Waals surface area contributed by atoms with Crippen molar-refractivity contribution in [1.29, 1.82) is 0 Å². The first-order valence-corrected chi connectivity index (χ1v) is 6.28. The van der Waals surface area contributed by atoms with Gasteiger partial charge in [0.05, 0.1) is 0 Å². The monoisotopic (exact) mass is 253 g/mol. The van der Waals surface area contributed by atoms with Gasteiger partial charge < -0.3 is 10.4 Å². The summed E-state index contributed by atoms with van der Waals surface area (Å²) in [6.07, 6.45) is 3.19. The van der Waals surface area contributed by atoms with Crippen molar-refractivity contribution < 1.29 is 9.90 Å². The van der Waals surface area contributed by atoms with Crippen molar-refractivity contribution in [3.8, 4) is 0 Å². The van der Waals surface area contributed by atoms with E-state index in [4.69, 9.17) is 11.6 Å². The third-order valence-electron chi connectivity index (χ3n) is 3.11. The molecule has 0 aromatic heterocycles. The van der Waals surface area contributed by atoms with Gasteiger partial charge in [0.2, 0.25) is 0 Å². The Balaban J connectivity index is 1.98. The van der Waals surface area contributed by atoms with E-state index >= 15 is 0 Å². The van der Waals surface area contributed by atoms with Gasteiger partial charge in [-0.15, -0.1) is 0 Å². The maximum Gasteiger partial charge on any atom is 0.253 e. The minimum absolute atomic E-state index is 0.219. The molecule has 2 rings (SSSR count). The van der Waals surface area contributed by atoms with Gasteiger partial charge in [0.25, 0.3) is 5.91 Å². The number of amides is 1. The zero-order chi connectivity index (χ0) is 12.3. The summed E-state index contributed by atoms with van der Waals surface area (Å²) < 4.78 is 0. The van der Waals surface area contributed by atoms with Crippen LogP contribution in [0, 0.1) is 0 Å². The highest BCUT2D eigenvalue weighted by Gasteiger charge is 2.22. The summed E-state index contributed by atoms with van der Waals surface area (Å²) in [6.45, 7) is 0. The number of carbonyl (C=O) groups is 1. The lowest BCUT2D eigenvalue weighted by molar-refractivity contribution is -0.130. The maximum atomic E-state index is 11.8. The summed E-state index contributed by atoms with van der Waals surface area (Å²) in [6, 6.07) is 6.97. The third-order valence-corrected chi connectivity index (χ3v) is 3.35. The van der Waals surface area contributed by atoms with Crippen LogP contribution < -0.4 is 5.32 Å². The maximum absolute atomic E-state index is 11.8. The highest BCUT2D eigenvalue weighted by molar-refractivity contribution is 6.30. The molecule has 0 radical (unpaired) electrons. The first-order valence-electron chi connectivity index (χ1n) is 5.91. The largest absolute Gasteiger partial charge is 0.378 e. The fraction of sp³-hybridized carbons (Fsp3) is 0.462. The normalized spacial score (nSPS) is 18.0. The Morgan fingerprint density at radius 1 is 1.41 bits per heavy atom. The van der Waals surface area contributed by atoms with E-state index in [0.29, 0.717) is 10.6 Å². The average molecular weight is 254 g/mol. The number of benzene rings is 1. The topological polar surface area (TPSA) is 49.3 Å². The molecule has 2 N–H and O–H groups in total. The molecule has 4 heteroatoms. The number of rotatable bonds is 3. The van der Waals surface area contributed by atoms with Crippen LogP contribution in [0.1, 0.15) is 37.4 Å². The molecule has 1 aromatic carbocycles. The molecule has 3 nitrogen and oxygen atoms in total. The van der Waals surface area contributed by atoms with Gasteiger partial charge in [-0.3, -0.25) is 4.79 Å². The smallest absolute Gasteiger partial charge is 0.253 e. The molecule has 0 bridgehead atoms. The second kappa shape index (κ2) is 5.52. The van der Waals surface area contributed by atoms with Gasteiger partial charge in [0.15, 0.2) is 6.10 Å². The molecule has 0 heterocycles. The molecule has 1 unspecified atom stereocenters. The highest BCUT2D eigenvalue weighted by atomic mass is 35.5.